The van der Waals surface area contributed by atoms with Crippen LogP contribution in [0, 0.1) is 0 Å². The van der Waals surface area contributed by atoms with Crippen molar-refractivity contribution in [2.45, 2.75) is 19.3 Å². The van der Waals surface area contributed by atoms with Crippen LogP contribution in [0.4, 0.5) is 0 Å². The number of fused-ring (bicyclic) bond motifs is 3. The Balaban J connectivity index is 1.28. The Bertz CT molecular complexity index is 776. The molecule has 5 nitrogen and oxygen atoms in total. The second-order valence-corrected chi connectivity index (χ2v) is 7.69. The van der Waals surface area contributed by atoms with Crippen LogP contribution in [-0.4, -0.2) is 55.7 Å². The average Bonchev–Trinajstić information content (AvgIpc) is 3.33. The van der Waals surface area contributed by atoms with Crippen molar-refractivity contribution >= 4 is 17.2 Å². The predicted octanol–water partition coefficient (Wildman–Crippen LogP) is 3.04. The number of ether oxygens (including phenoxy) is 2. The number of amides is 1. The van der Waals surface area contributed by atoms with Crippen LogP contribution in [0.25, 0.3) is 0 Å². The minimum Gasteiger partial charge on any atom is -0.454 e. The van der Waals surface area contributed by atoms with Crippen LogP contribution in [0.1, 0.15) is 27.9 Å². The number of likely N-dealkylation sites (N-methyl/N-ethyl adjacent to an activating group) is 1. The van der Waals surface area contributed by atoms with E-state index in [9.17, 15) is 4.79 Å². The normalized spacial score (nSPS) is 15.6. The van der Waals surface area contributed by atoms with Gasteiger partial charge in [0.15, 0.2) is 11.5 Å². The first-order valence-corrected chi connectivity index (χ1v) is 10.1. The van der Waals surface area contributed by atoms with Crippen molar-refractivity contribution < 1.29 is 14.3 Å². The molecule has 1 aromatic heterocycles. The van der Waals surface area contributed by atoms with E-state index in [1.165, 1.54) is 5.56 Å². The highest BCUT2D eigenvalue weighted by atomic mass is 32.1. The number of carbonyl (C=O) groups excluding carboxylic acids is 1. The second kappa shape index (κ2) is 7.68. The summed E-state index contributed by atoms with van der Waals surface area (Å²) in [6, 6.07) is 5.92. The Hall–Kier alpha value is -2.05. The zero-order valence-electron chi connectivity index (χ0n) is 15.1. The number of nitrogens with zero attached hydrogens (tertiary/aromatic N) is 2. The number of thiophene rings is 1. The van der Waals surface area contributed by atoms with Crippen LogP contribution in [0.15, 0.2) is 29.0 Å². The van der Waals surface area contributed by atoms with Gasteiger partial charge in [0.05, 0.1) is 0 Å². The summed E-state index contributed by atoms with van der Waals surface area (Å²) in [4.78, 5) is 17.1. The molecule has 3 heterocycles. The largest absolute Gasteiger partial charge is 0.454 e. The van der Waals surface area contributed by atoms with Gasteiger partial charge in [0.1, 0.15) is 0 Å². The molecule has 26 heavy (non-hydrogen) atoms. The smallest absolute Gasteiger partial charge is 0.254 e. The molecule has 2 aliphatic heterocycles. The Kier molecular flexibility index (Phi) is 5.13. The van der Waals surface area contributed by atoms with Crippen molar-refractivity contribution in [1.82, 2.24) is 9.80 Å². The molecule has 0 unspecified atom stereocenters. The summed E-state index contributed by atoms with van der Waals surface area (Å²) in [7, 11) is 2.15. The second-order valence-electron chi connectivity index (χ2n) is 6.91. The maximum Gasteiger partial charge on any atom is 0.254 e. The third-order valence-corrected chi connectivity index (χ3v) is 5.85. The van der Waals surface area contributed by atoms with E-state index in [1.807, 2.05) is 17.0 Å². The first kappa shape index (κ1) is 17.4. The van der Waals surface area contributed by atoms with Gasteiger partial charge in [-0.25, -0.2) is 0 Å². The quantitative estimate of drug-likeness (QED) is 0.749. The summed E-state index contributed by atoms with van der Waals surface area (Å²) in [5.41, 5.74) is 3.18. The van der Waals surface area contributed by atoms with E-state index in [2.05, 4.69) is 28.8 Å². The lowest BCUT2D eigenvalue weighted by Gasteiger charge is -2.29. The molecule has 138 valence electrons. The average molecular weight is 372 g/mol. The summed E-state index contributed by atoms with van der Waals surface area (Å²) in [6.45, 7) is 3.86. The minimum absolute atomic E-state index is 0.116. The number of hydrogen-bond donors (Lipinski definition) is 0. The molecule has 0 saturated heterocycles. The van der Waals surface area contributed by atoms with E-state index in [1.54, 1.807) is 11.3 Å². The number of benzene rings is 1. The monoisotopic (exact) mass is 372 g/mol. The van der Waals surface area contributed by atoms with Gasteiger partial charge in [0.2, 0.25) is 6.79 Å². The van der Waals surface area contributed by atoms with Crippen LogP contribution < -0.4 is 9.47 Å². The molecule has 1 amide bonds. The molecular weight excluding hydrogens is 348 g/mol. The van der Waals surface area contributed by atoms with Crippen molar-refractivity contribution in [2.24, 2.45) is 0 Å². The zero-order valence-corrected chi connectivity index (χ0v) is 15.9. The standard InChI is InChI=1S/C20H24N2O3S/c1-21(10-5-15-7-12-26-13-15)8-2-9-22-11-6-16-17(20(22)23)3-4-18-19(16)25-14-24-18/h3-4,7,12-13H,2,5-6,8-11,14H2,1H3. The van der Waals surface area contributed by atoms with E-state index in [0.717, 1.165) is 68.1 Å². The maximum atomic E-state index is 12.8. The topological polar surface area (TPSA) is 42.0 Å². The van der Waals surface area contributed by atoms with E-state index < -0.39 is 0 Å². The SMILES string of the molecule is CN(CCCN1CCc2c(ccc3c2OCO3)C1=O)CCc1ccsc1. The fourth-order valence-electron chi connectivity index (χ4n) is 3.61. The van der Waals surface area contributed by atoms with Crippen LogP contribution in [-0.2, 0) is 12.8 Å². The van der Waals surface area contributed by atoms with Gasteiger partial charge in [-0.2, -0.15) is 11.3 Å². The van der Waals surface area contributed by atoms with E-state index in [-0.39, 0.29) is 12.7 Å². The van der Waals surface area contributed by atoms with Gasteiger partial charge >= 0.3 is 0 Å². The number of carbonyl (C=O) groups is 1. The maximum absolute atomic E-state index is 12.8. The zero-order chi connectivity index (χ0) is 17.9. The minimum atomic E-state index is 0.116. The highest BCUT2D eigenvalue weighted by molar-refractivity contribution is 7.07. The van der Waals surface area contributed by atoms with E-state index >= 15 is 0 Å². The summed E-state index contributed by atoms with van der Waals surface area (Å²) in [6.07, 6.45) is 2.91. The van der Waals surface area contributed by atoms with Gasteiger partial charge in [-0.15, -0.1) is 0 Å². The van der Waals surface area contributed by atoms with Crippen molar-refractivity contribution in [1.29, 1.82) is 0 Å². The third kappa shape index (κ3) is 3.57. The molecule has 1 aromatic carbocycles. The Morgan fingerprint density at radius 3 is 3.00 bits per heavy atom. The molecule has 0 atom stereocenters. The van der Waals surface area contributed by atoms with Crippen LogP contribution in [0.2, 0.25) is 0 Å². The summed E-state index contributed by atoms with van der Waals surface area (Å²) < 4.78 is 11.0. The fraction of sp³-hybridized carbons (Fsp3) is 0.450. The van der Waals surface area contributed by atoms with Crippen molar-refractivity contribution in [3.63, 3.8) is 0 Å². The lowest BCUT2D eigenvalue weighted by atomic mass is 9.97. The molecule has 0 spiro atoms. The first-order valence-electron chi connectivity index (χ1n) is 9.13. The van der Waals surface area contributed by atoms with Gasteiger partial charge in [0.25, 0.3) is 5.91 Å². The first-order chi connectivity index (χ1) is 12.7. The molecule has 0 bridgehead atoms. The molecule has 2 aliphatic rings. The van der Waals surface area contributed by atoms with Gasteiger partial charge in [0, 0.05) is 30.8 Å². The third-order valence-electron chi connectivity index (χ3n) is 5.12. The Morgan fingerprint density at radius 1 is 1.23 bits per heavy atom. The molecular formula is C20H24N2O3S. The van der Waals surface area contributed by atoms with E-state index in [0.29, 0.717) is 0 Å². The number of hydrogen-bond acceptors (Lipinski definition) is 5. The van der Waals surface area contributed by atoms with Crippen LogP contribution in [0.5, 0.6) is 11.5 Å². The molecule has 4 rings (SSSR count). The van der Waals surface area contributed by atoms with Gasteiger partial charge in [-0.1, -0.05) is 0 Å². The lowest BCUT2D eigenvalue weighted by molar-refractivity contribution is 0.0731. The Labute approximate surface area is 158 Å². The predicted molar refractivity (Wildman–Crippen MR) is 102 cm³/mol. The molecule has 0 saturated carbocycles. The summed E-state index contributed by atoms with van der Waals surface area (Å²) in [5, 5.41) is 4.34. The molecule has 0 N–H and O–H groups in total. The fourth-order valence-corrected chi connectivity index (χ4v) is 4.31. The van der Waals surface area contributed by atoms with Crippen molar-refractivity contribution in [3.05, 3.63) is 45.6 Å². The highest BCUT2D eigenvalue weighted by Gasteiger charge is 2.30. The van der Waals surface area contributed by atoms with Gasteiger partial charge in [-0.3, -0.25) is 4.79 Å². The Morgan fingerprint density at radius 2 is 2.15 bits per heavy atom. The van der Waals surface area contributed by atoms with E-state index in [4.69, 9.17) is 9.47 Å². The van der Waals surface area contributed by atoms with Crippen LogP contribution in [0.3, 0.4) is 0 Å². The molecule has 2 aromatic rings. The highest BCUT2D eigenvalue weighted by Crippen LogP contribution is 2.39. The van der Waals surface area contributed by atoms with Crippen molar-refractivity contribution in [2.75, 3.05) is 40.0 Å². The molecule has 0 fully saturated rings. The van der Waals surface area contributed by atoms with Crippen molar-refractivity contribution in [3.8, 4) is 11.5 Å². The van der Waals surface area contributed by atoms with Crippen LogP contribution >= 0.6 is 11.3 Å². The summed E-state index contributed by atoms with van der Waals surface area (Å²) in [5.74, 6) is 1.64. The molecule has 0 radical (unpaired) electrons. The van der Waals surface area contributed by atoms with Gasteiger partial charge in [-0.05, 0) is 67.4 Å². The molecule has 6 heteroatoms. The molecule has 0 aliphatic carbocycles. The summed E-state index contributed by atoms with van der Waals surface area (Å²) >= 11 is 1.75. The lowest BCUT2D eigenvalue weighted by Crippen LogP contribution is -2.39. The van der Waals surface area contributed by atoms with Gasteiger partial charge < -0.3 is 19.3 Å². The number of rotatable bonds is 7.